The van der Waals surface area contributed by atoms with E-state index in [1.54, 1.807) is 11.3 Å². The Bertz CT molecular complexity index is 763. The number of rotatable bonds is 3. The molecule has 2 heterocycles. The van der Waals surface area contributed by atoms with Crippen molar-refractivity contribution in [1.29, 1.82) is 0 Å². The highest BCUT2D eigenvalue weighted by Crippen LogP contribution is 2.28. The summed E-state index contributed by atoms with van der Waals surface area (Å²) in [6, 6.07) is 7.92. The predicted molar refractivity (Wildman–Crippen MR) is 103 cm³/mol. The molecular weight excluding hydrogens is 348 g/mol. The Morgan fingerprint density at radius 1 is 1.27 bits per heavy atom. The molecule has 2 atom stereocenters. The largest absolute Gasteiger partial charge is 0.333 e. The molecule has 0 saturated carbocycles. The summed E-state index contributed by atoms with van der Waals surface area (Å²) >= 11 is 1.71. The Kier molecular flexibility index (Phi) is 5.58. The van der Waals surface area contributed by atoms with Crippen LogP contribution in [0.4, 0.5) is 4.79 Å². The zero-order chi connectivity index (χ0) is 18.7. The van der Waals surface area contributed by atoms with Gasteiger partial charge in [-0.15, -0.1) is 11.3 Å². The van der Waals surface area contributed by atoms with Crippen molar-refractivity contribution >= 4 is 33.5 Å². The number of nitrogens with zero attached hydrogens (tertiary/aromatic N) is 1. The number of aromatic nitrogens is 1. The third kappa shape index (κ3) is 4.80. The van der Waals surface area contributed by atoms with Crippen LogP contribution in [-0.2, 0) is 4.79 Å². The van der Waals surface area contributed by atoms with Gasteiger partial charge in [0, 0.05) is 12.0 Å². The molecular formula is C19H27N4O2S+. The summed E-state index contributed by atoms with van der Waals surface area (Å²) < 4.78 is 1.18. The lowest BCUT2D eigenvalue weighted by Gasteiger charge is -2.30. The monoisotopic (exact) mass is 375 g/mol. The van der Waals surface area contributed by atoms with E-state index in [2.05, 4.69) is 16.7 Å². The van der Waals surface area contributed by atoms with Gasteiger partial charge in [0.15, 0.2) is 11.6 Å². The van der Waals surface area contributed by atoms with Crippen LogP contribution in [0.15, 0.2) is 24.3 Å². The Balaban J connectivity index is 1.67. The smallest absolute Gasteiger partial charge is 0.322 e. The van der Waals surface area contributed by atoms with Gasteiger partial charge in [0.2, 0.25) is 0 Å². The Morgan fingerprint density at radius 2 is 2.04 bits per heavy atom. The molecule has 1 aliphatic heterocycles. The number of hydrogen-bond donors (Lipinski definition) is 3. The SMILES string of the molecule is CC(C)(C)NC(=O)NC(=O)C[NH+]1CCCC[C@@H]1c1nc2ccccc2s1. The lowest BCUT2D eigenvalue weighted by atomic mass is 10.0. The van der Waals surface area contributed by atoms with Crippen LogP contribution in [0.25, 0.3) is 10.2 Å². The third-order valence-corrected chi connectivity index (χ3v) is 5.62. The number of piperidine rings is 1. The number of quaternary nitrogens is 1. The number of carbonyl (C=O) groups is 2. The molecule has 26 heavy (non-hydrogen) atoms. The van der Waals surface area contributed by atoms with E-state index in [0.717, 1.165) is 36.3 Å². The minimum atomic E-state index is -0.435. The van der Waals surface area contributed by atoms with Crippen LogP contribution in [0.5, 0.6) is 0 Å². The number of benzene rings is 1. The number of amides is 3. The van der Waals surface area contributed by atoms with E-state index in [9.17, 15) is 9.59 Å². The van der Waals surface area contributed by atoms with Crippen LogP contribution in [0.1, 0.15) is 51.1 Å². The molecule has 1 saturated heterocycles. The number of likely N-dealkylation sites (tertiary alicyclic amines) is 1. The molecule has 0 aliphatic carbocycles. The topological polar surface area (TPSA) is 75.5 Å². The number of carbonyl (C=O) groups excluding carboxylic acids is 2. The van der Waals surface area contributed by atoms with Crippen molar-refractivity contribution in [3.8, 4) is 0 Å². The van der Waals surface area contributed by atoms with Gasteiger partial charge in [0.1, 0.15) is 6.04 Å². The maximum atomic E-state index is 12.3. The summed E-state index contributed by atoms with van der Waals surface area (Å²) in [5.74, 6) is -0.241. The molecule has 3 N–H and O–H groups in total. The molecule has 7 heteroatoms. The quantitative estimate of drug-likeness (QED) is 0.768. The van der Waals surface area contributed by atoms with Crippen molar-refractivity contribution in [2.24, 2.45) is 0 Å². The number of urea groups is 1. The van der Waals surface area contributed by atoms with Gasteiger partial charge in [-0.25, -0.2) is 9.78 Å². The fraction of sp³-hybridized carbons (Fsp3) is 0.526. The molecule has 6 nitrogen and oxygen atoms in total. The number of para-hydroxylation sites is 1. The van der Waals surface area contributed by atoms with E-state index in [1.807, 2.05) is 39.0 Å². The van der Waals surface area contributed by atoms with Crippen molar-refractivity contribution in [2.75, 3.05) is 13.1 Å². The molecule has 3 rings (SSSR count). The minimum absolute atomic E-state index is 0.220. The van der Waals surface area contributed by atoms with E-state index in [4.69, 9.17) is 4.98 Å². The molecule has 1 fully saturated rings. The van der Waals surface area contributed by atoms with Gasteiger partial charge in [0.25, 0.3) is 5.91 Å². The summed E-state index contributed by atoms with van der Waals surface area (Å²) in [7, 11) is 0. The number of fused-ring (bicyclic) bond motifs is 1. The third-order valence-electron chi connectivity index (χ3n) is 4.47. The van der Waals surface area contributed by atoms with Gasteiger partial charge in [0.05, 0.1) is 16.8 Å². The summed E-state index contributed by atoms with van der Waals surface area (Å²) in [6.45, 7) is 6.87. The summed E-state index contributed by atoms with van der Waals surface area (Å²) in [5.41, 5.74) is 0.651. The van der Waals surface area contributed by atoms with Gasteiger partial charge in [-0.3, -0.25) is 10.1 Å². The van der Waals surface area contributed by atoms with Gasteiger partial charge >= 0.3 is 6.03 Å². The molecule has 1 aromatic carbocycles. The number of thiazole rings is 1. The molecule has 0 bridgehead atoms. The molecule has 1 aliphatic rings. The minimum Gasteiger partial charge on any atom is -0.333 e. The Hall–Kier alpha value is -1.99. The normalized spacial score (nSPS) is 20.7. The lowest BCUT2D eigenvalue weighted by Crippen LogP contribution is -3.14. The fourth-order valence-corrected chi connectivity index (χ4v) is 4.54. The maximum Gasteiger partial charge on any atom is 0.322 e. The average Bonchev–Trinajstić information content (AvgIpc) is 2.97. The number of nitrogens with one attached hydrogen (secondary N) is 3. The zero-order valence-electron chi connectivity index (χ0n) is 15.6. The Morgan fingerprint density at radius 3 is 2.77 bits per heavy atom. The van der Waals surface area contributed by atoms with E-state index in [0.29, 0.717) is 0 Å². The van der Waals surface area contributed by atoms with E-state index >= 15 is 0 Å². The zero-order valence-corrected chi connectivity index (χ0v) is 16.4. The molecule has 3 amide bonds. The van der Waals surface area contributed by atoms with Crippen molar-refractivity contribution in [3.05, 3.63) is 29.3 Å². The van der Waals surface area contributed by atoms with Crippen LogP contribution in [0, 0.1) is 0 Å². The highest BCUT2D eigenvalue weighted by atomic mass is 32.1. The second-order valence-electron chi connectivity index (χ2n) is 7.91. The molecule has 140 valence electrons. The summed E-state index contributed by atoms with van der Waals surface area (Å²) in [6.07, 6.45) is 3.27. The first-order valence-corrected chi connectivity index (χ1v) is 9.95. The first-order valence-electron chi connectivity index (χ1n) is 9.14. The van der Waals surface area contributed by atoms with Crippen molar-refractivity contribution in [2.45, 2.75) is 51.6 Å². The number of hydrogen-bond acceptors (Lipinski definition) is 4. The molecule has 1 aromatic heterocycles. The van der Waals surface area contributed by atoms with Gasteiger partial charge < -0.3 is 10.2 Å². The van der Waals surface area contributed by atoms with E-state index < -0.39 is 6.03 Å². The van der Waals surface area contributed by atoms with Crippen LogP contribution >= 0.6 is 11.3 Å². The molecule has 0 radical (unpaired) electrons. The maximum absolute atomic E-state index is 12.3. The van der Waals surface area contributed by atoms with Crippen molar-refractivity contribution in [1.82, 2.24) is 15.6 Å². The van der Waals surface area contributed by atoms with Gasteiger partial charge in [-0.05, 0) is 45.7 Å². The first kappa shape index (κ1) is 18.8. The summed E-state index contributed by atoms with van der Waals surface area (Å²) in [4.78, 5) is 30.2. The van der Waals surface area contributed by atoms with Crippen LogP contribution < -0.4 is 15.5 Å². The second kappa shape index (κ2) is 7.72. The van der Waals surface area contributed by atoms with Crippen LogP contribution in [0.2, 0.25) is 0 Å². The lowest BCUT2D eigenvalue weighted by molar-refractivity contribution is -0.929. The first-order chi connectivity index (χ1) is 12.3. The van der Waals surface area contributed by atoms with Crippen LogP contribution in [-0.4, -0.2) is 35.6 Å². The predicted octanol–water partition coefficient (Wildman–Crippen LogP) is 2.03. The van der Waals surface area contributed by atoms with E-state index in [1.165, 1.54) is 9.60 Å². The Labute approximate surface area is 158 Å². The molecule has 1 unspecified atom stereocenters. The highest BCUT2D eigenvalue weighted by molar-refractivity contribution is 7.18. The number of imide groups is 1. The second-order valence-corrected chi connectivity index (χ2v) is 8.97. The average molecular weight is 376 g/mol. The van der Waals surface area contributed by atoms with Crippen LogP contribution in [0.3, 0.4) is 0 Å². The molecule has 2 aromatic rings. The molecule has 0 spiro atoms. The van der Waals surface area contributed by atoms with E-state index in [-0.39, 0.29) is 24.0 Å². The fourth-order valence-electron chi connectivity index (χ4n) is 3.38. The highest BCUT2D eigenvalue weighted by Gasteiger charge is 2.32. The van der Waals surface area contributed by atoms with Gasteiger partial charge in [-0.2, -0.15) is 0 Å². The standard InChI is InChI=1S/C19H26N4O2S/c1-19(2,3)22-18(25)21-16(24)12-23-11-7-6-9-14(23)17-20-13-8-4-5-10-15(13)26-17/h4-5,8,10,14H,6-7,9,11-12H2,1-3H3,(H2,21,22,24,25)/p+1/t14-/m1/s1. The van der Waals surface area contributed by atoms with Gasteiger partial charge in [-0.1, -0.05) is 12.1 Å². The van der Waals surface area contributed by atoms with Crippen molar-refractivity contribution in [3.63, 3.8) is 0 Å². The van der Waals surface area contributed by atoms with Crippen molar-refractivity contribution < 1.29 is 14.5 Å². The summed E-state index contributed by atoms with van der Waals surface area (Å²) in [5, 5.41) is 6.30.